The molecule has 0 saturated heterocycles. The Morgan fingerprint density at radius 3 is 2.92 bits per heavy atom. The molecular formula is C18H18ClNO4. The van der Waals surface area contributed by atoms with Gasteiger partial charge in [-0.05, 0) is 26.0 Å². The molecule has 0 amide bonds. The highest BCUT2D eigenvalue weighted by Gasteiger charge is 2.32. The Balaban J connectivity index is 1.54. The number of pyridine rings is 1. The molecule has 0 bridgehead atoms. The maximum atomic E-state index is 11.8. The number of aromatic nitrogens is 1. The van der Waals surface area contributed by atoms with Crippen molar-refractivity contribution in [2.75, 3.05) is 6.61 Å². The molecule has 1 aromatic heterocycles. The smallest absolute Gasteiger partial charge is 0.344 e. The molecule has 3 rings (SSSR count). The number of benzene rings is 1. The van der Waals surface area contributed by atoms with Gasteiger partial charge in [0.15, 0.2) is 18.1 Å². The van der Waals surface area contributed by atoms with Crippen molar-refractivity contribution in [1.29, 1.82) is 0 Å². The predicted molar refractivity (Wildman–Crippen MR) is 89.4 cm³/mol. The molecule has 0 atom stereocenters. The number of esters is 1. The van der Waals surface area contributed by atoms with Crippen molar-refractivity contribution in [3.05, 3.63) is 52.8 Å². The van der Waals surface area contributed by atoms with E-state index in [9.17, 15) is 4.79 Å². The standard InChI is InChI=1S/C18H18ClNO4/c1-18(2)8-13-4-3-5-14(17(13)24-18)22-11-16(21)23-10-12-6-7-15(19)20-9-12/h3-7,9H,8,10-11H2,1-2H3. The molecule has 5 nitrogen and oxygen atoms in total. The molecule has 0 fully saturated rings. The number of halogens is 1. The minimum atomic E-state index is -0.459. The largest absolute Gasteiger partial charge is 0.483 e. The summed E-state index contributed by atoms with van der Waals surface area (Å²) < 4.78 is 16.6. The Morgan fingerprint density at radius 1 is 1.33 bits per heavy atom. The quantitative estimate of drug-likeness (QED) is 0.611. The average molecular weight is 348 g/mol. The first-order chi connectivity index (χ1) is 11.4. The monoisotopic (exact) mass is 347 g/mol. The minimum absolute atomic E-state index is 0.128. The van der Waals surface area contributed by atoms with Gasteiger partial charge < -0.3 is 14.2 Å². The Hall–Kier alpha value is -2.27. The second kappa shape index (κ2) is 6.69. The van der Waals surface area contributed by atoms with E-state index in [-0.39, 0.29) is 18.8 Å². The molecule has 6 heteroatoms. The summed E-state index contributed by atoms with van der Waals surface area (Å²) in [7, 11) is 0. The van der Waals surface area contributed by atoms with Gasteiger partial charge in [0, 0.05) is 23.7 Å². The summed E-state index contributed by atoms with van der Waals surface area (Å²) in [5, 5.41) is 0.397. The van der Waals surface area contributed by atoms with Crippen LogP contribution in [0.25, 0.3) is 0 Å². The van der Waals surface area contributed by atoms with Gasteiger partial charge in [-0.2, -0.15) is 0 Å². The van der Waals surface area contributed by atoms with E-state index in [0.29, 0.717) is 16.7 Å². The van der Waals surface area contributed by atoms with Crippen LogP contribution < -0.4 is 9.47 Å². The second-order valence-corrected chi connectivity index (χ2v) is 6.61. The van der Waals surface area contributed by atoms with Gasteiger partial charge in [0.1, 0.15) is 17.4 Å². The number of rotatable bonds is 5. The van der Waals surface area contributed by atoms with Crippen LogP contribution in [0.5, 0.6) is 11.5 Å². The van der Waals surface area contributed by atoms with E-state index < -0.39 is 5.97 Å². The van der Waals surface area contributed by atoms with E-state index in [1.807, 2.05) is 26.0 Å². The lowest BCUT2D eigenvalue weighted by atomic mass is 10.0. The van der Waals surface area contributed by atoms with E-state index in [0.717, 1.165) is 17.5 Å². The van der Waals surface area contributed by atoms with Gasteiger partial charge in [0.2, 0.25) is 0 Å². The van der Waals surface area contributed by atoms with Gasteiger partial charge in [0.05, 0.1) is 0 Å². The molecule has 24 heavy (non-hydrogen) atoms. The van der Waals surface area contributed by atoms with Crippen LogP contribution >= 0.6 is 11.6 Å². The molecule has 1 aliphatic rings. The highest BCUT2D eigenvalue weighted by Crippen LogP contribution is 2.41. The Kier molecular flexibility index (Phi) is 4.62. The maximum Gasteiger partial charge on any atom is 0.344 e. The molecule has 0 unspecified atom stereocenters. The fraction of sp³-hybridized carbons (Fsp3) is 0.333. The number of fused-ring (bicyclic) bond motifs is 1. The number of carbonyl (C=O) groups excluding carboxylic acids is 1. The van der Waals surface area contributed by atoms with Gasteiger partial charge in [-0.15, -0.1) is 0 Å². The van der Waals surface area contributed by atoms with Crippen LogP contribution in [0.15, 0.2) is 36.5 Å². The number of ether oxygens (including phenoxy) is 3. The molecule has 2 heterocycles. The minimum Gasteiger partial charge on any atom is -0.483 e. The number of carbonyl (C=O) groups is 1. The van der Waals surface area contributed by atoms with Gasteiger partial charge in [-0.3, -0.25) is 0 Å². The van der Waals surface area contributed by atoms with Crippen molar-refractivity contribution in [2.45, 2.75) is 32.5 Å². The van der Waals surface area contributed by atoms with Gasteiger partial charge in [0.25, 0.3) is 0 Å². The summed E-state index contributed by atoms with van der Waals surface area (Å²) in [6.07, 6.45) is 2.38. The lowest BCUT2D eigenvalue weighted by Gasteiger charge is -2.18. The Bertz CT molecular complexity index is 743. The topological polar surface area (TPSA) is 57.7 Å². The first-order valence-corrected chi connectivity index (χ1v) is 8.00. The van der Waals surface area contributed by atoms with E-state index in [2.05, 4.69) is 4.98 Å². The second-order valence-electron chi connectivity index (χ2n) is 6.22. The molecule has 1 aromatic carbocycles. The van der Waals surface area contributed by atoms with Crippen molar-refractivity contribution in [3.63, 3.8) is 0 Å². The molecule has 0 spiro atoms. The van der Waals surface area contributed by atoms with Crippen LogP contribution in [0, 0.1) is 0 Å². The third kappa shape index (κ3) is 3.97. The summed E-state index contributed by atoms with van der Waals surface area (Å²) in [5.74, 6) is 0.806. The van der Waals surface area contributed by atoms with Crippen molar-refractivity contribution in [3.8, 4) is 11.5 Å². The number of para-hydroxylation sites is 1. The van der Waals surface area contributed by atoms with E-state index >= 15 is 0 Å². The zero-order valence-corrected chi connectivity index (χ0v) is 14.3. The number of nitrogens with zero attached hydrogens (tertiary/aromatic N) is 1. The van der Waals surface area contributed by atoms with Crippen LogP contribution in [0.2, 0.25) is 5.15 Å². The molecular weight excluding hydrogens is 330 g/mol. The summed E-state index contributed by atoms with van der Waals surface area (Å²) in [5.41, 5.74) is 1.58. The molecule has 0 radical (unpaired) electrons. The molecule has 1 aliphatic heterocycles. The Morgan fingerprint density at radius 2 is 2.17 bits per heavy atom. The highest BCUT2D eigenvalue weighted by molar-refractivity contribution is 6.29. The van der Waals surface area contributed by atoms with Crippen LogP contribution in [0.1, 0.15) is 25.0 Å². The van der Waals surface area contributed by atoms with Crippen molar-refractivity contribution < 1.29 is 19.0 Å². The predicted octanol–water partition coefficient (Wildman–Crippen LogP) is 3.57. The van der Waals surface area contributed by atoms with E-state index in [1.54, 1.807) is 24.4 Å². The highest BCUT2D eigenvalue weighted by atomic mass is 35.5. The fourth-order valence-corrected chi connectivity index (χ4v) is 2.65. The molecule has 2 aromatic rings. The van der Waals surface area contributed by atoms with Crippen molar-refractivity contribution in [2.24, 2.45) is 0 Å². The third-order valence-corrected chi connectivity index (χ3v) is 3.81. The first kappa shape index (κ1) is 16.6. The number of hydrogen-bond donors (Lipinski definition) is 0. The van der Waals surface area contributed by atoms with Crippen molar-refractivity contribution >= 4 is 17.6 Å². The Labute approximate surface area is 145 Å². The third-order valence-electron chi connectivity index (χ3n) is 3.59. The van der Waals surface area contributed by atoms with Crippen LogP contribution in [0.3, 0.4) is 0 Å². The average Bonchev–Trinajstić information content (AvgIpc) is 2.86. The molecule has 0 saturated carbocycles. The number of hydrogen-bond acceptors (Lipinski definition) is 5. The summed E-state index contributed by atoms with van der Waals surface area (Å²) in [4.78, 5) is 15.8. The first-order valence-electron chi connectivity index (χ1n) is 7.63. The SMILES string of the molecule is CC1(C)Cc2cccc(OCC(=O)OCc3ccc(Cl)nc3)c2O1. The molecule has 0 aliphatic carbocycles. The normalized spacial score (nSPS) is 14.6. The van der Waals surface area contributed by atoms with Crippen LogP contribution in [-0.4, -0.2) is 23.2 Å². The van der Waals surface area contributed by atoms with E-state index in [1.165, 1.54) is 0 Å². The van der Waals surface area contributed by atoms with Crippen LogP contribution in [-0.2, 0) is 22.6 Å². The van der Waals surface area contributed by atoms with Crippen molar-refractivity contribution in [1.82, 2.24) is 4.98 Å². The fourth-order valence-electron chi connectivity index (χ4n) is 2.54. The van der Waals surface area contributed by atoms with E-state index in [4.69, 9.17) is 25.8 Å². The lowest BCUT2D eigenvalue weighted by Crippen LogP contribution is -2.24. The molecule has 0 N–H and O–H groups in total. The van der Waals surface area contributed by atoms with Gasteiger partial charge in [-0.25, -0.2) is 9.78 Å². The van der Waals surface area contributed by atoms with Crippen LogP contribution in [0.4, 0.5) is 0 Å². The van der Waals surface area contributed by atoms with Gasteiger partial charge >= 0.3 is 5.97 Å². The lowest BCUT2D eigenvalue weighted by molar-refractivity contribution is -0.147. The summed E-state index contributed by atoms with van der Waals surface area (Å²) >= 11 is 5.71. The zero-order valence-electron chi connectivity index (χ0n) is 13.5. The maximum absolute atomic E-state index is 11.8. The zero-order chi connectivity index (χ0) is 17.2. The summed E-state index contributed by atoms with van der Waals surface area (Å²) in [6.45, 7) is 3.99. The molecule has 126 valence electrons. The van der Waals surface area contributed by atoms with Gasteiger partial charge in [-0.1, -0.05) is 29.8 Å². The summed E-state index contributed by atoms with van der Waals surface area (Å²) in [6, 6.07) is 9.08.